The highest BCUT2D eigenvalue weighted by atomic mass is 28.5. The van der Waals surface area contributed by atoms with E-state index in [0.717, 1.165) is 6.04 Å². The molecule has 0 fully saturated rings. The van der Waals surface area contributed by atoms with Gasteiger partial charge in [-0.2, -0.15) is 0 Å². The Morgan fingerprint density at radius 2 is 1.11 bits per heavy atom. The van der Waals surface area contributed by atoms with Gasteiger partial charge >= 0.3 is 8.56 Å². The van der Waals surface area contributed by atoms with E-state index in [-0.39, 0.29) is 0 Å². The highest BCUT2D eigenvalue weighted by Crippen LogP contribution is 2.28. The molecule has 0 heterocycles. The minimum atomic E-state index is -1.96. The van der Waals surface area contributed by atoms with Gasteiger partial charge in [0.15, 0.2) is 16.6 Å². The van der Waals surface area contributed by atoms with E-state index >= 15 is 0 Å². The zero-order chi connectivity index (χ0) is 14.4. The van der Waals surface area contributed by atoms with Crippen molar-refractivity contribution in [3.8, 4) is 0 Å². The van der Waals surface area contributed by atoms with Gasteiger partial charge in [0.25, 0.3) is 0 Å². The van der Waals surface area contributed by atoms with Crippen LogP contribution in [0.25, 0.3) is 0 Å². The molecule has 18 heavy (non-hydrogen) atoms. The van der Waals surface area contributed by atoms with Gasteiger partial charge in [-0.3, -0.25) is 0 Å². The summed E-state index contributed by atoms with van der Waals surface area (Å²) in [6, 6.07) is 3.52. The molecule has 0 aliphatic carbocycles. The van der Waals surface area contributed by atoms with Gasteiger partial charge < -0.3 is 8.23 Å². The van der Waals surface area contributed by atoms with Crippen molar-refractivity contribution < 1.29 is 8.23 Å². The first-order chi connectivity index (χ1) is 8.10. The molecule has 0 amide bonds. The van der Waals surface area contributed by atoms with Crippen molar-refractivity contribution in [2.24, 2.45) is 0 Å². The Balaban J connectivity index is 4.82. The first-order valence-corrected chi connectivity index (χ1v) is 16.3. The Morgan fingerprint density at radius 1 is 0.722 bits per heavy atom. The lowest BCUT2D eigenvalue weighted by atomic mass is 10.4. The maximum Gasteiger partial charge on any atom is 0.314 e. The van der Waals surface area contributed by atoms with Gasteiger partial charge in [0.2, 0.25) is 0 Å². The predicted molar refractivity (Wildman–Crippen MR) is 89.4 cm³/mol. The van der Waals surface area contributed by atoms with Gasteiger partial charge in [-0.15, -0.1) is 0 Å². The molecule has 0 saturated heterocycles. The highest BCUT2D eigenvalue weighted by Gasteiger charge is 2.41. The molecule has 5 heteroatoms. The summed E-state index contributed by atoms with van der Waals surface area (Å²) in [5.74, 6) is 0. The number of hydrogen-bond acceptors (Lipinski definition) is 2. The summed E-state index contributed by atoms with van der Waals surface area (Å²) in [6.45, 7) is 18.4. The second-order valence-corrected chi connectivity index (χ2v) is 19.5. The van der Waals surface area contributed by atoms with E-state index in [9.17, 15) is 0 Å². The maximum absolute atomic E-state index is 6.60. The molecule has 0 unspecified atom stereocenters. The highest BCUT2D eigenvalue weighted by molar-refractivity contribution is 6.88. The lowest BCUT2D eigenvalue weighted by molar-refractivity contribution is 0.376. The summed E-state index contributed by atoms with van der Waals surface area (Å²) in [4.78, 5) is 0. The molecule has 0 bridgehead atoms. The third-order valence-electron chi connectivity index (χ3n) is 3.67. The predicted octanol–water partition coefficient (Wildman–Crippen LogP) is 5.34. The van der Waals surface area contributed by atoms with Crippen LogP contribution in [0.5, 0.6) is 0 Å². The van der Waals surface area contributed by atoms with Crippen LogP contribution in [0.4, 0.5) is 0 Å². The van der Waals surface area contributed by atoms with Crippen molar-refractivity contribution in [1.82, 2.24) is 0 Å². The van der Waals surface area contributed by atoms with E-state index in [0.29, 0.717) is 0 Å². The summed E-state index contributed by atoms with van der Waals surface area (Å²) in [5, 5.41) is 0. The average molecular weight is 307 g/mol. The van der Waals surface area contributed by atoms with Crippen molar-refractivity contribution in [3.05, 3.63) is 0 Å². The summed E-state index contributed by atoms with van der Waals surface area (Å²) in [7, 11) is -4.99. The van der Waals surface area contributed by atoms with Gasteiger partial charge in [0.1, 0.15) is 0 Å². The first-order valence-electron chi connectivity index (χ1n) is 7.50. The van der Waals surface area contributed by atoms with Crippen molar-refractivity contribution in [3.63, 3.8) is 0 Å². The molecule has 0 aliphatic rings. The molecule has 0 saturated carbocycles. The second kappa shape index (κ2) is 7.38. The Kier molecular flexibility index (Phi) is 7.61. The lowest BCUT2D eigenvalue weighted by Crippen LogP contribution is -2.53. The molecule has 0 rings (SSSR count). The molecule has 0 atom stereocenters. The molecule has 0 aromatic carbocycles. The van der Waals surface area contributed by atoms with Gasteiger partial charge in [0.05, 0.1) is 0 Å². The fourth-order valence-corrected chi connectivity index (χ4v) is 14.8. The molecule has 110 valence electrons. The van der Waals surface area contributed by atoms with Crippen LogP contribution in [0, 0.1) is 0 Å². The van der Waals surface area contributed by atoms with E-state index in [2.05, 4.69) is 53.5 Å². The van der Waals surface area contributed by atoms with Gasteiger partial charge in [-0.1, -0.05) is 33.6 Å². The molecule has 0 radical (unpaired) electrons. The normalized spacial score (nSPS) is 14.0. The van der Waals surface area contributed by atoms with Crippen LogP contribution in [0.3, 0.4) is 0 Å². The SMILES string of the molecule is CCCC[Si](C)(O[Si](C)(C)CC)O[Si](C)(C)CC. The molecule has 0 N–H and O–H groups in total. The Labute approximate surface area is 118 Å². The lowest BCUT2D eigenvalue weighted by Gasteiger charge is -2.40. The van der Waals surface area contributed by atoms with Gasteiger partial charge in [-0.05, 0) is 50.9 Å². The van der Waals surface area contributed by atoms with Crippen LogP contribution in [0.1, 0.15) is 33.6 Å². The molecule has 0 aliphatic heterocycles. The van der Waals surface area contributed by atoms with Crippen LogP contribution in [-0.2, 0) is 8.23 Å². The maximum atomic E-state index is 6.60. The minimum Gasteiger partial charge on any atom is -0.436 e. The third-order valence-corrected chi connectivity index (χ3v) is 16.2. The van der Waals surface area contributed by atoms with E-state index < -0.39 is 25.2 Å². The van der Waals surface area contributed by atoms with E-state index in [1.807, 2.05) is 0 Å². The molecule has 0 aromatic rings. The molecule has 0 spiro atoms. The molecule has 0 aromatic heterocycles. The standard InChI is InChI=1S/C13H34O2Si3/c1-9-12-13-18(8,14-16(4,5)10-2)15-17(6,7)11-3/h9-13H2,1-8H3. The van der Waals surface area contributed by atoms with Gasteiger partial charge in [0, 0.05) is 0 Å². The first kappa shape index (κ1) is 18.6. The molecular weight excluding hydrogens is 272 g/mol. The number of rotatable bonds is 9. The summed E-state index contributed by atoms with van der Waals surface area (Å²) in [5.41, 5.74) is 0. The van der Waals surface area contributed by atoms with Crippen LogP contribution in [-0.4, -0.2) is 25.2 Å². The monoisotopic (exact) mass is 306 g/mol. The van der Waals surface area contributed by atoms with Crippen molar-refractivity contribution in [1.29, 1.82) is 0 Å². The van der Waals surface area contributed by atoms with Crippen molar-refractivity contribution in [2.45, 2.75) is 84.5 Å². The third kappa shape index (κ3) is 7.23. The van der Waals surface area contributed by atoms with Gasteiger partial charge in [-0.25, -0.2) is 0 Å². The average Bonchev–Trinajstić information content (AvgIpc) is 2.25. The molecule has 2 nitrogen and oxygen atoms in total. The van der Waals surface area contributed by atoms with Crippen LogP contribution >= 0.6 is 0 Å². The van der Waals surface area contributed by atoms with Crippen molar-refractivity contribution in [2.75, 3.05) is 0 Å². The van der Waals surface area contributed by atoms with E-state index in [1.165, 1.54) is 24.9 Å². The van der Waals surface area contributed by atoms with Crippen LogP contribution in [0.2, 0.25) is 50.9 Å². The topological polar surface area (TPSA) is 18.5 Å². The second-order valence-electron chi connectivity index (χ2n) is 6.67. The Bertz CT molecular complexity index is 224. The summed E-state index contributed by atoms with van der Waals surface area (Å²) in [6.07, 6.45) is 2.47. The number of hydrogen-bond donors (Lipinski definition) is 0. The fourth-order valence-electron chi connectivity index (χ4n) is 1.93. The summed E-state index contributed by atoms with van der Waals surface area (Å²) >= 11 is 0. The van der Waals surface area contributed by atoms with Crippen LogP contribution < -0.4 is 0 Å². The Hall–Kier alpha value is 0.571. The minimum absolute atomic E-state index is 1.16. The largest absolute Gasteiger partial charge is 0.436 e. The van der Waals surface area contributed by atoms with E-state index in [1.54, 1.807) is 0 Å². The number of unbranched alkanes of at least 4 members (excludes halogenated alkanes) is 1. The van der Waals surface area contributed by atoms with Crippen molar-refractivity contribution >= 4 is 25.2 Å². The zero-order valence-electron chi connectivity index (χ0n) is 13.9. The smallest absolute Gasteiger partial charge is 0.314 e. The Morgan fingerprint density at radius 3 is 1.39 bits per heavy atom. The molecular formula is C13H34O2Si3. The zero-order valence-corrected chi connectivity index (χ0v) is 16.9. The van der Waals surface area contributed by atoms with Crippen LogP contribution in [0.15, 0.2) is 0 Å². The quantitative estimate of drug-likeness (QED) is 0.535. The summed E-state index contributed by atoms with van der Waals surface area (Å²) < 4.78 is 13.2. The van der Waals surface area contributed by atoms with E-state index in [4.69, 9.17) is 8.23 Å². The fraction of sp³-hybridized carbons (Fsp3) is 1.00.